The summed E-state index contributed by atoms with van der Waals surface area (Å²) >= 11 is 0. The Kier molecular flexibility index (Phi) is 5.49. The van der Waals surface area contributed by atoms with Crippen LogP contribution in [0.1, 0.15) is 12.2 Å². The van der Waals surface area contributed by atoms with E-state index in [9.17, 15) is 13.2 Å². The molecule has 1 aromatic carbocycles. The predicted octanol–water partition coefficient (Wildman–Crippen LogP) is 3.78. The van der Waals surface area contributed by atoms with E-state index in [1.54, 1.807) is 25.3 Å². The summed E-state index contributed by atoms with van der Waals surface area (Å²) in [5, 5.41) is 3.45. The van der Waals surface area contributed by atoms with Gasteiger partial charge in [0.15, 0.2) is 11.5 Å². The van der Waals surface area contributed by atoms with Crippen LogP contribution in [0.25, 0.3) is 11.3 Å². The Balaban J connectivity index is 2.21. The number of alkyl halides is 3. The zero-order valence-corrected chi connectivity index (χ0v) is 12.6. The first-order valence-electron chi connectivity index (χ1n) is 6.79. The van der Waals surface area contributed by atoms with Gasteiger partial charge in [-0.1, -0.05) is 5.16 Å². The number of nitrogens with zero attached hydrogens (tertiary/aromatic N) is 1. The lowest BCUT2D eigenvalue weighted by atomic mass is 10.1. The zero-order valence-electron chi connectivity index (χ0n) is 12.6. The van der Waals surface area contributed by atoms with Gasteiger partial charge >= 0.3 is 6.18 Å². The highest BCUT2D eigenvalue weighted by Gasteiger charge is 2.36. The summed E-state index contributed by atoms with van der Waals surface area (Å²) in [6.45, 7) is 0.931. The van der Waals surface area contributed by atoms with Gasteiger partial charge in [0.25, 0.3) is 0 Å². The lowest BCUT2D eigenvalue weighted by Gasteiger charge is -2.11. The number of aromatic nitrogens is 1. The van der Waals surface area contributed by atoms with E-state index in [0.717, 1.165) is 6.07 Å². The van der Waals surface area contributed by atoms with Gasteiger partial charge in [0, 0.05) is 31.8 Å². The monoisotopic (exact) mass is 331 g/mol. The third-order valence-electron chi connectivity index (χ3n) is 3.00. The van der Waals surface area contributed by atoms with Gasteiger partial charge in [-0.2, -0.15) is 13.2 Å². The topological polar surface area (TPSA) is 53.7 Å². The maximum absolute atomic E-state index is 12.6. The molecule has 1 aromatic heterocycles. The van der Waals surface area contributed by atoms with Crippen LogP contribution in [0.5, 0.6) is 11.5 Å². The molecule has 8 heteroatoms. The van der Waals surface area contributed by atoms with Gasteiger partial charge in [-0.3, -0.25) is 0 Å². The fourth-order valence-electron chi connectivity index (χ4n) is 1.88. The highest BCUT2D eigenvalue weighted by Crippen LogP contribution is 2.35. The van der Waals surface area contributed by atoms with Crippen LogP contribution >= 0.6 is 0 Å². The van der Waals surface area contributed by atoms with Gasteiger partial charge in [-0.15, -0.1) is 0 Å². The van der Waals surface area contributed by atoms with Crippen LogP contribution in [0.15, 0.2) is 28.8 Å². The largest absolute Gasteiger partial charge is 0.493 e. The SMILES string of the molecule is COCCCOc1cc(-c2cc(C(F)(F)F)on2)ccc1OC. The third-order valence-corrected chi connectivity index (χ3v) is 3.00. The number of rotatable bonds is 7. The molecule has 0 aliphatic carbocycles. The number of benzene rings is 1. The fourth-order valence-corrected chi connectivity index (χ4v) is 1.88. The van der Waals surface area contributed by atoms with Gasteiger partial charge in [-0.05, 0) is 18.2 Å². The van der Waals surface area contributed by atoms with Crippen molar-refractivity contribution < 1.29 is 31.9 Å². The minimum absolute atomic E-state index is 0.0710. The second kappa shape index (κ2) is 7.36. The Bertz CT molecular complexity index is 640. The molecule has 0 radical (unpaired) electrons. The van der Waals surface area contributed by atoms with E-state index in [1.165, 1.54) is 7.11 Å². The van der Waals surface area contributed by atoms with Crippen molar-refractivity contribution in [2.45, 2.75) is 12.6 Å². The molecular formula is C15H16F3NO4. The van der Waals surface area contributed by atoms with Gasteiger partial charge < -0.3 is 18.7 Å². The summed E-state index contributed by atoms with van der Waals surface area (Å²) in [6, 6.07) is 5.59. The molecule has 0 saturated heterocycles. The molecule has 126 valence electrons. The van der Waals surface area contributed by atoms with Crippen LogP contribution in [0.3, 0.4) is 0 Å². The van der Waals surface area contributed by atoms with E-state index < -0.39 is 11.9 Å². The molecule has 0 bridgehead atoms. The van der Waals surface area contributed by atoms with Crippen molar-refractivity contribution in [3.8, 4) is 22.8 Å². The minimum Gasteiger partial charge on any atom is -0.493 e. The zero-order chi connectivity index (χ0) is 16.9. The van der Waals surface area contributed by atoms with Crippen LogP contribution in [0, 0.1) is 0 Å². The lowest BCUT2D eigenvalue weighted by molar-refractivity contribution is -0.155. The minimum atomic E-state index is -4.57. The number of hydrogen-bond donors (Lipinski definition) is 0. The van der Waals surface area contributed by atoms with Gasteiger partial charge in [0.1, 0.15) is 5.69 Å². The number of methoxy groups -OCH3 is 2. The molecule has 0 fully saturated rings. The molecule has 1 heterocycles. The third kappa shape index (κ3) is 4.38. The van der Waals surface area contributed by atoms with Crippen LogP contribution in [0.4, 0.5) is 13.2 Å². The summed E-state index contributed by atoms with van der Waals surface area (Å²) < 4.78 is 57.7. The molecular weight excluding hydrogens is 315 g/mol. The van der Waals surface area contributed by atoms with Crippen molar-refractivity contribution in [1.82, 2.24) is 5.16 Å². The average molecular weight is 331 g/mol. The average Bonchev–Trinajstić information content (AvgIpc) is 3.01. The Hall–Kier alpha value is -2.22. The molecule has 2 rings (SSSR count). The first-order valence-corrected chi connectivity index (χ1v) is 6.79. The molecule has 0 aliphatic rings. The quantitative estimate of drug-likeness (QED) is 0.723. The van der Waals surface area contributed by atoms with E-state index in [0.29, 0.717) is 36.7 Å². The fraction of sp³-hybridized carbons (Fsp3) is 0.400. The Morgan fingerprint density at radius 2 is 1.87 bits per heavy atom. The maximum Gasteiger partial charge on any atom is 0.452 e. The first-order chi connectivity index (χ1) is 11.0. The van der Waals surface area contributed by atoms with Crippen LogP contribution in [0.2, 0.25) is 0 Å². The summed E-state index contributed by atoms with van der Waals surface area (Å²) in [7, 11) is 3.07. The van der Waals surface area contributed by atoms with Crippen molar-refractivity contribution in [1.29, 1.82) is 0 Å². The Morgan fingerprint density at radius 3 is 2.48 bits per heavy atom. The predicted molar refractivity (Wildman–Crippen MR) is 75.5 cm³/mol. The summed E-state index contributed by atoms with van der Waals surface area (Å²) in [5.74, 6) is -0.255. The molecule has 0 unspecified atom stereocenters. The summed E-state index contributed by atoms with van der Waals surface area (Å²) in [5.41, 5.74) is 0.508. The number of hydrogen-bond acceptors (Lipinski definition) is 5. The first kappa shape index (κ1) is 17.1. The van der Waals surface area contributed by atoms with Crippen molar-refractivity contribution in [2.75, 3.05) is 27.4 Å². The van der Waals surface area contributed by atoms with Crippen molar-refractivity contribution >= 4 is 0 Å². The molecule has 5 nitrogen and oxygen atoms in total. The molecule has 0 spiro atoms. The van der Waals surface area contributed by atoms with Crippen LogP contribution in [-0.2, 0) is 10.9 Å². The molecule has 0 aliphatic heterocycles. The van der Waals surface area contributed by atoms with Crippen molar-refractivity contribution in [3.05, 3.63) is 30.0 Å². The number of ether oxygens (including phenoxy) is 3. The smallest absolute Gasteiger partial charge is 0.452 e. The second-order valence-electron chi connectivity index (χ2n) is 4.63. The van der Waals surface area contributed by atoms with Crippen molar-refractivity contribution in [3.63, 3.8) is 0 Å². The van der Waals surface area contributed by atoms with Crippen molar-refractivity contribution in [2.24, 2.45) is 0 Å². The van der Waals surface area contributed by atoms with Gasteiger partial charge in [-0.25, -0.2) is 0 Å². The molecule has 0 N–H and O–H groups in total. The summed E-state index contributed by atoms with van der Waals surface area (Å²) in [6.07, 6.45) is -3.90. The molecule has 2 aromatic rings. The van der Waals surface area contributed by atoms with E-state index in [-0.39, 0.29) is 5.69 Å². The summed E-state index contributed by atoms with van der Waals surface area (Å²) in [4.78, 5) is 0. The van der Waals surface area contributed by atoms with E-state index in [1.807, 2.05) is 0 Å². The molecule has 0 amide bonds. The van der Waals surface area contributed by atoms with E-state index in [2.05, 4.69) is 9.68 Å². The highest BCUT2D eigenvalue weighted by molar-refractivity contribution is 5.63. The van der Waals surface area contributed by atoms with Crippen LogP contribution in [-0.4, -0.2) is 32.6 Å². The Labute approximate surface area is 130 Å². The molecule has 0 atom stereocenters. The normalized spacial score (nSPS) is 11.5. The van der Waals surface area contributed by atoms with Gasteiger partial charge in [0.05, 0.1) is 13.7 Å². The molecule has 0 saturated carbocycles. The maximum atomic E-state index is 12.6. The Morgan fingerprint density at radius 1 is 1.09 bits per heavy atom. The second-order valence-corrected chi connectivity index (χ2v) is 4.63. The standard InChI is InChI=1S/C15H16F3NO4/c1-20-6-3-7-22-13-8-10(4-5-12(13)21-2)11-9-14(23-19-11)15(16,17)18/h4-5,8-9H,3,6-7H2,1-2H3. The van der Waals surface area contributed by atoms with Gasteiger partial charge in [0.2, 0.25) is 5.76 Å². The molecule has 23 heavy (non-hydrogen) atoms. The van der Waals surface area contributed by atoms with E-state index in [4.69, 9.17) is 14.2 Å². The highest BCUT2D eigenvalue weighted by atomic mass is 19.4. The lowest BCUT2D eigenvalue weighted by Crippen LogP contribution is -2.03. The van der Waals surface area contributed by atoms with Crippen LogP contribution < -0.4 is 9.47 Å². The van der Waals surface area contributed by atoms with E-state index >= 15 is 0 Å². The number of halogens is 3.